The predicted molar refractivity (Wildman–Crippen MR) is 247 cm³/mol. The van der Waals surface area contributed by atoms with Crippen LogP contribution in [0.25, 0.3) is 11.1 Å². The molecule has 4 amide bonds. The normalized spacial score (nSPS) is 14.5. The van der Waals surface area contributed by atoms with Gasteiger partial charge < -0.3 is 26.0 Å². The average Bonchev–Trinajstić information content (AvgIpc) is 4.05. The minimum absolute atomic E-state index is 0.0411. The maximum Gasteiger partial charge on any atom is 0.407 e. The molecule has 1 aromatic heterocycles. The Labute approximate surface area is 376 Å². The molecule has 64 heavy (non-hydrogen) atoms. The van der Waals surface area contributed by atoms with Crippen LogP contribution in [-0.4, -0.2) is 71.1 Å². The van der Waals surface area contributed by atoms with Crippen LogP contribution >= 0.6 is 11.8 Å². The fraction of sp³-hybridized carbons (Fsp3) is 0.231. The van der Waals surface area contributed by atoms with Crippen molar-refractivity contribution >= 4 is 41.4 Å². The van der Waals surface area contributed by atoms with Crippen LogP contribution in [0, 0.1) is 0 Å². The number of benzene rings is 5. The Kier molecular flexibility index (Phi) is 13.3. The van der Waals surface area contributed by atoms with Gasteiger partial charge in [-0.25, -0.2) is 4.79 Å². The van der Waals surface area contributed by atoms with Crippen molar-refractivity contribution in [3.8, 4) is 11.1 Å². The number of ketones is 1. The standard InChI is InChI=1S/C52H49N5O6S/c1-35(58)32-54-49(61)51(27-28-51)57-48(60)46(34-64-52(37-15-5-2-6-16-37,38-17-7-3-8-18-38)39-19-9-4-10-20-39)55-47(59)45(31-36-25-29-53-30-26-36)56-50(62)63-33-44-42-23-13-11-21-40(42)41-22-12-14-24-43(41)44/h2-26,29-30,44-46H,27-28,31-34H2,1H3,(H,54,61)(H,55,59)(H,56,62)(H,57,60)/t45-,46-/m1/s1. The molecular formula is C52H49N5O6S. The minimum Gasteiger partial charge on any atom is -0.449 e. The molecule has 6 aromatic rings. The number of hydrogen-bond acceptors (Lipinski definition) is 8. The predicted octanol–water partition coefficient (Wildman–Crippen LogP) is 7.10. The molecule has 11 nitrogen and oxygen atoms in total. The molecule has 0 saturated heterocycles. The number of rotatable bonds is 18. The van der Waals surface area contributed by atoms with E-state index in [9.17, 15) is 24.0 Å². The maximum atomic E-state index is 14.7. The lowest BCUT2D eigenvalue weighted by atomic mass is 9.84. The molecule has 2 atom stereocenters. The van der Waals surface area contributed by atoms with Crippen molar-refractivity contribution in [1.29, 1.82) is 0 Å². The van der Waals surface area contributed by atoms with Crippen molar-refractivity contribution in [3.63, 3.8) is 0 Å². The van der Waals surface area contributed by atoms with Crippen LogP contribution in [0.2, 0.25) is 0 Å². The van der Waals surface area contributed by atoms with Crippen LogP contribution in [0.3, 0.4) is 0 Å². The Morgan fingerprint density at radius 1 is 0.672 bits per heavy atom. The third-order valence-electron chi connectivity index (χ3n) is 11.8. The van der Waals surface area contributed by atoms with Crippen molar-refractivity contribution in [2.75, 3.05) is 18.9 Å². The van der Waals surface area contributed by atoms with Crippen LogP contribution in [0.4, 0.5) is 4.79 Å². The van der Waals surface area contributed by atoms with Gasteiger partial charge in [-0.05, 0) is 76.4 Å². The van der Waals surface area contributed by atoms with E-state index in [0.717, 1.165) is 44.5 Å². The number of Topliss-reactive ketones (excluding diaryl/α,β-unsaturated/α-hetero) is 1. The number of nitrogens with zero attached hydrogens (tertiary/aromatic N) is 1. The number of aromatic nitrogens is 1. The number of pyridine rings is 1. The lowest BCUT2D eigenvalue weighted by molar-refractivity contribution is -0.133. The molecule has 0 bridgehead atoms. The van der Waals surface area contributed by atoms with Gasteiger partial charge in [0, 0.05) is 30.5 Å². The van der Waals surface area contributed by atoms with Gasteiger partial charge in [-0.3, -0.25) is 24.2 Å². The summed E-state index contributed by atoms with van der Waals surface area (Å²) in [5, 5.41) is 11.4. The fourth-order valence-electron chi connectivity index (χ4n) is 8.41. The van der Waals surface area contributed by atoms with E-state index in [1.165, 1.54) is 18.7 Å². The van der Waals surface area contributed by atoms with Gasteiger partial charge in [0.2, 0.25) is 17.7 Å². The first-order valence-electron chi connectivity index (χ1n) is 21.4. The highest BCUT2D eigenvalue weighted by Crippen LogP contribution is 2.49. The number of carbonyl (C=O) groups is 5. The molecule has 4 N–H and O–H groups in total. The number of ether oxygens (including phenoxy) is 1. The van der Waals surface area contributed by atoms with Crippen molar-refractivity contribution in [2.24, 2.45) is 0 Å². The van der Waals surface area contributed by atoms with Gasteiger partial charge in [0.1, 0.15) is 30.0 Å². The van der Waals surface area contributed by atoms with Crippen LogP contribution in [0.1, 0.15) is 59.1 Å². The number of fused-ring (bicyclic) bond motifs is 3. The van der Waals surface area contributed by atoms with E-state index >= 15 is 0 Å². The maximum absolute atomic E-state index is 14.7. The average molecular weight is 872 g/mol. The van der Waals surface area contributed by atoms with E-state index in [4.69, 9.17) is 4.74 Å². The summed E-state index contributed by atoms with van der Waals surface area (Å²) in [7, 11) is 0. The summed E-state index contributed by atoms with van der Waals surface area (Å²) >= 11 is 1.48. The molecule has 1 saturated carbocycles. The zero-order valence-corrected chi connectivity index (χ0v) is 36.2. The summed E-state index contributed by atoms with van der Waals surface area (Å²) in [6, 6.07) is 47.1. The van der Waals surface area contributed by atoms with Crippen LogP contribution in [0.15, 0.2) is 164 Å². The van der Waals surface area contributed by atoms with Crippen LogP contribution in [-0.2, 0) is 35.1 Å². The monoisotopic (exact) mass is 871 g/mol. The molecule has 2 aliphatic rings. The number of nitrogens with one attached hydrogen (secondary N) is 4. The Balaban J connectivity index is 1.09. The molecule has 8 rings (SSSR count). The highest BCUT2D eigenvalue weighted by molar-refractivity contribution is 8.00. The number of amides is 4. The number of thioether (sulfide) groups is 1. The lowest BCUT2D eigenvalue weighted by Crippen LogP contribution is -2.59. The third-order valence-corrected chi connectivity index (χ3v) is 13.5. The number of alkyl carbamates (subject to hydrolysis) is 1. The van der Waals surface area contributed by atoms with Gasteiger partial charge >= 0.3 is 6.09 Å². The molecule has 0 unspecified atom stereocenters. The van der Waals surface area contributed by atoms with Crippen molar-refractivity contribution in [3.05, 3.63) is 197 Å². The fourth-order valence-corrected chi connectivity index (χ4v) is 9.97. The van der Waals surface area contributed by atoms with Gasteiger partial charge in [0.15, 0.2) is 0 Å². The quantitative estimate of drug-likeness (QED) is 0.0668. The van der Waals surface area contributed by atoms with E-state index in [-0.39, 0.29) is 37.0 Å². The summed E-state index contributed by atoms with van der Waals surface area (Å²) in [6.07, 6.45) is 3.22. The second kappa shape index (κ2) is 19.6. The summed E-state index contributed by atoms with van der Waals surface area (Å²) < 4.78 is 5.05. The molecule has 1 heterocycles. The second-order valence-corrected chi connectivity index (χ2v) is 17.4. The molecular weight excluding hydrogens is 823 g/mol. The SMILES string of the molecule is CC(=O)CNC(=O)C1(NC(=O)[C@@H](CSC(c2ccccc2)(c2ccccc2)c2ccccc2)NC(=O)[C@@H](Cc2ccncc2)NC(=O)OCC2c3ccccc3-c3ccccc32)CC1. The third kappa shape index (κ3) is 9.62. The van der Waals surface area contributed by atoms with E-state index < -0.39 is 46.2 Å². The van der Waals surface area contributed by atoms with Gasteiger partial charge in [-0.1, -0.05) is 140 Å². The van der Waals surface area contributed by atoms with E-state index in [1.54, 1.807) is 24.5 Å². The van der Waals surface area contributed by atoms with Gasteiger partial charge in [0.05, 0.1) is 11.3 Å². The molecule has 324 valence electrons. The zero-order chi connectivity index (χ0) is 44.5. The Bertz CT molecular complexity index is 2470. The lowest BCUT2D eigenvalue weighted by Gasteiger charge is -2.37. The Hall–Kier alpha value is -7.05. The molecule has 12 heteroatoms. The first-order chi connectivity index (χ1) is 31.2. The molecule has 0 radical (unpaired) electrons. The first kappa shape index (κ1) is 43.6. The molecule has 5 aromatic carbocycles. The molecule has 2 aliphatic carbocycles. The summed E-state index contributed by atoms with van der Waals surface area (Å²) in [5.74, 6) is -2.04. The highest BCUT2D eigenvalue weighted by atomic mass is 32.2. The van der Waals surface area contributed by atoms with Crippen molar-refractivity contribution < 1.29 is 28.7 Å². The minimum atomic E-state index is -1.23. The number of carbonyl (C=O) groups excluding carboxylic acids is 5. The van der Waals surface area contributed by atoms with E-state index in [0.29, 0.717) is 12.8 Å². The van der Waals surface area contributed by atoms with Gasteiger partial charge in [0.25, 0.3) is 0 Å². The largest absolute Gasteiger partial charge is 0.449 e. The molecule has 1 fully saturated rings. The second-order valence-electron chi connectivity index (χ2n) is 16.2. The van der Waals surface area contributed by atoms with Gasteiger partial charge in [-0.15, -0.1) is 11.8 Å². The molecule has 0 aliphatic heterocycles. The van der Waals surface area contributed by atoms with Gasteiger partial charge in [-0.2, -0.15) is 0 Å². The Morgan fingerprint density at radius 2 is 1.19 bits per heavy atom. The molecule has 0 spiro atoms. The topological polar surface area (TPSA) is 156 Å². The summed E-state index contributed by atoms with van der Waals surface area (Å²) in [5.41, 5.74) is 6.64. The smallest absolute Gasteiger partial charge is 0.407 e. The summed E-state index contributed by atoms with van der Waals surface area (Å²) in [4.78, 5) is 72.4. The van der Waals surface area contributed by atoms with Crippen molar-refractivity contribution in [1.82, 2.24) is 26.3 Å². The van der Waals surface area contributed by atoms with Crippen LogP contribution in [0.5, 0.6) is 0 Å². The Morgan fingerprint density at radius 3 is 1.70 bits per heavy atom. The van der Waals surface area contributed by atoms with Crippen molar-refractivity contribution in [2.45, 2.75) is 54.5 Å². The van der Waals surface area contributed by atoms with Crippen LogP contribution < -0.4 is 21.3 Å². The zero-order valence-electron chi connectivity index (χ0n) is 35.4. The number of hydrogen-bond donors (Lipinski definition) is 4. The van der Waals surface area contributed by atoms with E-state index in [2.05, 4.69) is 38.4 Å². The summed E-state index contributed by atoms with van der Waals surface area (Å²) in [6.45, 7) is 1.25. The van der Waals surface area contributed by atoms with E-state index in [1.807, 2.05) is 127 Å². The first-order valence-corrected chi connectivity index (χ1v) is 22.4. The highest BCUT2D eigenvalue weighted by Gasteiger charge is 2.52.